The molecule has 0 saturated carbocycles. The van der Waals surface area contributed by atoms with Crippen LogP contribution in [0.2, 0.25) is 0 Å². The van der Waals surface area contributed by atoms with Crippen LogP contribution in [0.4, 0.5) is 0 Å². The van der Waals surface area contributed by atoms with E-state index in [0.717, 1.165) is 56.2 Å². The van der Waals surface area contributed by atoms with Gasteiger partial charge in [-0.2, -0.15) is 22.7 Å². The van der Waals surface area contributed by atoms with Gasteiger partial charge >= 0.3 is 14.2 Å². The number of fused-ring (bicyclic) bond motifs is 7. The second kappa shape index (κ2) is 32.6. The summed E-state index contributed by atoms with van der Waals surface area (Å²) in [6, 6.07) is 38.7. The Morgan fingerprint density at radius 3 is 1.27 bits per heavy atom. The maximum atomic E-state index is 11.0. The van der Waals surface area contributed by atoms with Crippen LogP contribution in [0.25, 0.3) is 94.3 Å². The van der Waals surface area contributed by atoms with Gasteiger partial charge in [0.1, 0.15) is 0 Å². The number of hydrogen-bond acceptors (Lipinski definition) is 20. The van der Waals surface area contributed by atoms with Crippen molar-refractivity contribution in [2.45, 2.75) is 84.7 Å². The lowest BCUT2D eigenvalue weighted by molar-refractivity contribution is 0.00578. The fourth-order valence-corrected chi connectivity index (χ4v) is 22.1. The van der Waals surface area contributed by atoms with Crippen molar-refractivity contribution in [3.05, 3.63) is 194 Å². The first-order chi connectivity index (χ1) is 46.7. The molecule has 12 aromatic heterocycles. The zero-order valence-corrected chi connectivity index (χ0v) is 68.0. The lowest BCUT2D eigenvalue weighted by Gasteiger charge is -2.32. The van der Waals surface area contributed by atoms with Crippen molar-refractivity contribution in [2.24, 2.45) is 0 Å². The van der Waals surface area contributed by atoms with Crippen LogP contribution in [-0.2, 0) is 23.4 Å². The SMILES string of the molecule is Brc1ccsc1.C/C=C/c1sccc1-c1ccc(-c2ccsc2/C=C/OC)s1.CC1(C)OB(c2ccc(B3OC(C)(C)C(C)(C)O3)s2)OC1(C)C.COc1sccc1-c1ccc(-c2ccsc2C=O)s1.COc1sccc1Br.c1cc2c(ccc3c4ccc5sccc5c4sc23)s1. The molecule has 0 bridgehead atoms. The molecule has 2 saturated heterocycles. The van der Waals surface area contributed by atoms with Gasteiger partial charge in [0, 0.05) is 111 Å². The minimum Gasteiger partial charge on any atom is -0.504 e. The quantitative estimate of drug-likeness (QED) is 0.0680. The molecule has 14 heterocycles. The number of halogens is 2. The van der Waals surface area contributed by atoms with Crippen LogP contribution in [0.15, 0.2) is 179 Å². The van der Waals surface area contributed by atoms with E-state index in [1.54, 1.807) is 107 Å². The van der Waals surface area contributed by atoms with Gasteiger partial charge in [-0.25, -0.2) is 0 Å². The molecule has 14 aromatic rings. The average molecular weight is 1640 g/mol. The molecule has 0 unspecified atom stereocenters. The Labute approximate surface area is 632 Å². The molecular formula is C73H68B2Br2O8S12. The summed E-state index contributed by atoms with van der Waals surface area (Å²) in [6.07, 6.45) is 8.94. The second-order valence-corrected chi connectivity index (χ2v) is 37.1. The van der Waals surface area contributed by atoms with Crippen molar-refractivity contribution in [2.75, 3.05) is 21.3 Å². The number of carbonyl (C=O) groups excluding carboxylic acids is 1. The molecule has 16 rings (SSSR count). The van der Waals surface area contributed by atoms with Crippen LogP contribution in [0, 0.1) is 0 Å². The van der Waals surface area contributed by atoms with E-state index in [0.29, 0.717) is 0 Å². The van der Waals surface area contributed by atoms with E-state index in [1.807, 2.05) is 109 Å². The standard InChI is InChI=1S/C18H16OS3.C16H26B2O4S.C16H8S3.C14H10O2S3.C5H5BrOS.C4H3BrS/c1-3-4-15-13(8-11-20-15)17-5-6-18(22-17)14-9-12-21-16(14)7-10-19-2;1-13(2)14(3,4)20-17(19-13)11-9-10-12(23-11)18-21-15(5,6)16(7,8)22-18;1-3-13-11(5-7-17-13)15-9(1)10-2-4-14-12(6-8-18-14)16(10)19-15;1-16-14-10(5-7-18-14)12-3-2-11(19-12)9-4-6-17-13(9)8-15;1-7-5-4(6)2-3-8-5;5-4-1-2-6-3-4/h3-12H,1-2H3;9-10H,1-8H3;1-8H;2-8H,1H3;2-3H,1H3;1-3H/b4-3+,10-7+;;;;;. The molecular weight excluding hydrogens is 1570 g/mol. The summed E-state index contributed by atoms with van der Waals surface area (Å²) in [7, 11) is 4.36. The van der Waals surface area contributed by atoms with Gasteiger partial charge in [0.15, 0.2) is 16.4 Å². The van der Waals surface area contributed by atoms with Crippen LogP contribution >= 0.6 is 168 Å². The number of methoxy groups -OCH3 is 3. The minimum absolute atomic E-state index is 0.327. The van der Waals surface area contributed by atoms with Gasteiger partial charge in [-0.1, -0.05) is 30.3 Å². The summed E-state index contributed by atoms with van der Waals surface area (Å²) < 4.78 is 49.8. The summed E-state index contributed by atoms with van der Waals surface area (Å²) in [5.41, 5.74) is 3.43. The summed E-state index contributed by atoms with van der Waals surface area (Å²) in [4.78, 5) is 19.2. The first-order valence-electron chi connectivity index (χ1n) is 30.4. The summed E-state index contributed by atoms with van der Waals surface area (Å²) >= 11 is 27.2. The highest BCUT2D eigenvalue weighted by atomic mass is 79.9. The molecule has 0 amide bonds. The van der Waals surface area contributed by atoms with E-state index < -0.39 is 0 Å². The van der Waals surface area contributed by atoms with Gasteiger partial charge in [-0.3, -0.25) is 4.79 Å². The monoisotopic (exact) mass is 1640 g/mol. The van der Waals surface area contributed by atoms with Crippen molar-refractivity contribution in [1.82, 2.24) is 0 Å². The maximum absolute atomic E-state index is 11.0. The number of rotatable bonds is 12. The summed E-state index contributed by atoms with van der Waals surface area (Å²) in [5.74, 6) is 0. The van der Waals surface area contributed by atoms with Crippen molar-refractivity contribution < 1.29 is 37.6 Å². The fraction of sp³-hybridized carbons (Fsp3) is 0.219. The number of benzene rings is 2. The molecule has 0 radical (unpaired) electrons. The average Bonchev–Trinajstić information content (AvgIpc) is 1.60. The smallest absolute Gasteiger partial charge is 0.504 e. The number of allylic oxidation sites excluding steroid dienone is 1. The van der Waals surface area contributed by atoms with Crippen molar-refractivity contribution in [1.29, 1.82) is 0 Å². The number of thiophene rings is 12. The third-order valence-corrected chi connectivity index (χ3v) is 29.7. The number of hydrogen-bond donors (Lipinski definition) is 0. The zero-order chi connectivity index (χ0) is 68.7. The van der Waals surface area contributed by atoms with Crippen molar-refractivity contribution in [3.63, 3.8) is 0 Å². The van der Waals surface area contributed by atoms with Crippen LogP contribution < -0.4 is 19.0 Å². The van der Waals surface area contributed by atoms with Crippen LogP contribution in [-0.4, -0.2) is 64.3 Å². The predicted octanol–water partition coefficient (Wildman–Crippen LogP) is 25.7. The van der Waals surface area contributed by atoms with Crippen LogP contribution in [0.3, 0.4) is 0 Å². The Hall–Kier alpha value is -4.64. The molecule has 24 heteroatoms. The lowest BCUT2D eigenvalue weighted by atomic mass is 9.86. The molecule has 97 heavy (non-hydrogen) atoms. The first kappa shape index (κ1) is 73.6. The molecule has 0 spiro atoms. The van der Waals surface area contributed by atoms with Crippen molar-refractivity contribution in [3.8, 4) is 51.9 Å². The van der Waals surface area contributed by atoms with Crippen LogP contribution in [0.5, 0.6) is 10.1 Å². The van der Waals surface area contributed by atoms with Gasteiger partial charge in [-0.15, -0.1) is 113 Å². The number of ether oxygens (including phenoxy) is 3. The first-order valence-corrected chi connectivity index (χ1v) is 42.4. The third-order valence-electron chi connectivity index (χ3n) is 16.5. The molecule has 2 aromatic carbocycles. The Bertz CT molecular complexity index is 4770. The highest BCUT2D eigenvalue weighted by molar-refractivity contribution is 9.11. The normalized spacial score (nSPS) is 15.0. The van der Waals surface area contributed by atoms with E-state index in [-0.39, 0.29) is 36.6 Å². The molecule has 2 fully saturated rings. The Morgan fingerprint density at radius 1 is 0.423 bits per heavy atom. The van der Waals surface area contributed by atoms with E-state index in [2.05, 4.69) is 207 Å². The van der Waals surface area contributed by atoms with Crippen molar-refractivity contribution >= 4 is 250 Å². The zero-order valence-electron chi connectivity index (χ0n) is 55.1. The lowest BCUT2D eigenvalue weighted by Crippen LogP contribution is -2.41. The maximum Gasteiger partial charge on any atom is 0.505 e. The van der Waals surface area contributed by atoms with E-state index >= 15 is 0 Å². The third kappa shape index (κ3) is 16.8. The molecule has 0 aliphatic carbocycles. The number of aldehydes is 1. The van der Waals surface area contributed by atoms with Gasteiger partial charge in [0.25, 0.3) is 0 Å². The molecule has 0 N–H and O–H groups in total. The number of carbonyl (C=O) groups is 1. The second-order valence-electron chi connectivity index (χ2n) is 23.7. The van der Waals surface area contributed by atoms with E-state index in [4.69, 9.17) is 32.8 Å². The Morgan fingerprint density at radius 2 is 0.856 bits per heavy atom. The van der Waals surface area contributed by atoms with Gasteiger partial charge in [0.2, 0.25) is 0 Å². The van der Waals surface area contributed by atoms with E-state index in [1.165, 1.54) is 86.8 Å². The minimum atomic E-state index is -0.332. The largest absolute Gasteiger partial charge is 0.505 e. The molecule has 0 atom stereocenters. The summed E-state index contributed by atoms with van der Waals surface area (Å²) in [5, 5.41) is 26.2. The van der Waals surface area contributed by atoms with E-state index in [9.17, 15) is 4.79 Å². The fourth-order valence-electron chi connectivity index (χ4n) is 10.1. The van der Waals surface area contributed by atoms with Gasteiger partial charge in [-0.05, 0) is 234 Å². The molecule has 8 nitrogen and oxygen atoms in total. The highest BCUT2D eigenvalue weighted by Crippen LogP contribution is 2.46. The topological polar surface area (TPSA) is 81.7 Å². The molecule has 500 valence electrons. The highest BCUT2D eigenvalue weighted by Gasteiger charge is 2.54. The van der Waals surface area contributed by atoms with Gasteiger partial charge in [0.05, 0.1) is 59.3 Å². The van der Waals surface area contributed by atoms with Crippen LogP contribution in [0.1, 0.15) is 81.7 Å². The van der Waals surface area contributed by atoms with Gasteiger partial charge < -0.3 is 32.8 Å². The Balaban J connectivity index is 0.000000123. The Kier molecular flexibility index (Phi) is 24.7. The molecule has 2 aliphatic rings. The predicted molar refractivity (Wildman–Crippen MR) is 441 cm³/mol. The summed E-state index contributed by atoms with van der Waals surface area (Å²) in [6.45, 7) is 18.6. The molecule has 2 aliphatic heterocycles.